The number of hydrogen-bond donors (Lipinski definition) is 1. The molecule has 1 aliphatic rings. The molecule has 0 aromatic heterocycles. The molecule has 0 aromatic rings. The SMILES string of the molecule is CCCCC(CC1CCSCC1)NCC. The maximum absolute atomic E-state index is 3.66. The Labute approximate surface area is 99.8 Å². The molecule has 90 valence electrons. The average molecular weight is 229 g/mol. The number of rotatable bonds is 7. The molecule has 0 bridgehead atoms. The second-order valence-electron chi connectivity index (χ2n) is 4.69. The molecule has 1 fully saturated rings. The first-order valence-corrected chi connectivity index (χ1v) is 7.83. The smallest absolute Gasteiger partial charge is 0.00695 e. The van der Waals surface area contributed by atoms with Gasteiger partial charge in [-0.25, -0.2) is 0 Å². The van der Waals surface area contributed by atoms with Crippen LogP contribution in [0.5, 0.6) is 0 Å². The fourth-order valence-corrected chi connectivity index (χ4v) is 3.63. The van der Waals surface area contributed by atoms with Crippen LogP contribution in [0.15, 0.2) is 0 Å². The molecule has 1 N–H and O–H groups in total. The van der Waals surface area contributed by atoms with E-state index in [9.17, 15) is 0 Å². The van der Waals surface area contributed by atoms with Gasteiger partial charge in [0.05, 0.1) is 0 Å². The zero-order chi connectivity index (χ0) is 10.9. The van der Waals surface area contributed by atoms with Crippen molar-refractivity contribution in [2.24, 2.45) is 5.92 Å². The minimum Gasteiger partial charge on any atom is -0.314 e. The van der Waals surface area contributed by atoms with Crippen molar-refractivity contribution in [3.8, 4) is 0 Å². The second kappa shape index (κ2) is 8.46. The van der Waals surface area contributed by atoms with Crippen molar-refractivity contribution >= 4 is 11.8 Å². The lowest BCUT2D eigenvalue weighted by atomic mass is 9.92. The topological polar surface area (TPSA) is 12.0 Å². The molecule has 2 heteroatoms. The third kappa shape index (κ3) is 5.82. The molecule has 0 aliphatic carbocycles. The van der Waals surface area contributed by atoms with Crippen LogP contribution in [0.1, 0.15) is 52.4 Å². The lowest BCUT2D eigenvalue weighted by Crippen LogP contribution is -2.32. The van der Waals surface area contributed by atoms with Crippen LogP contribution in [0.25, 0.3) is 0 Å². The first-order valence-electron chi connectivity index (χ1n) is 6.68. The Morgan fingerprint density at radius 1 is 1.27 bits per heavy atom. The molecule has 0 spiro atoms. The molecule has 0 aromatic carbocycles. The monoisotopic (exact) mass is 229 g/mol. The maximum atomic E-state index is 3.66. The molecule has 1 saturated heterocycles. The summed E-state index contributed by atoms with van der Waals surface area (Å²) in [6.45, 7) is 5.66. The van der Waals surface area contributed by atoms with Crippen molar-refractivity contribution in [3.05, 3.63) is 0 Å². The molecular formula is C13H27NS. The zero-order valence-corrected chi connectivity index (χ0v) is 11.2. The Balaban J connectivity index is 2.21. The molecular weight excluding hydrogens is 202 g/mol. The van der Waals surface area contributed by atoms with Gasteiger partial charge < -0.3 is 5.32 Å². The van der Waals surface area contributed by atoms with Gasteiger partial charge in [-0.3, -0.25) is 0 Å². The van der Waals surface area contributed by atoms with E-state index in [1.807, 2.05) is 0 Å². The molecule has 15 heavy (non-hydrogen) atoms. The van der Waals surface area contributed by atoms with Gasteiger partial charge in [0.2, 0.25) is 0 Å². The maximum Gasteiger partial charge on any atom is 0.00695 e. The van der Waals surface area contributed by atoms with Gasteiger partial charge in [-0.05, 0) is 49.7 Å². The number of unbranched alkanes of at least 4 members (excludes halogenated alkanes) is 1. The molecule has 1 nitrogen and oxygen atoms in total. The summed E-state index contributed by atoms with van der Waals surface area (Å²) in [6, 6.07) is 0.794. The van der Waals surface area contributed by atoms with Crippen molar-refractivity contribution in [3.63, 3.8) is 0 Å². The normalized spacial score (nSPS) is 20.4. The summed E-state index contributed by atoms with van der Waals surface area (Å²) in [5.41, 5.74) is 0. The van der Waals surface area contributed by atoms with Crippen LogP contribution in [0, 0.1) is 5.92 Å². The van der Waals surface area contributed by atoms with Crippen LogP contribution in [-0.4, -0.2) is 24.1 Å². The van der Waals surface area contributed by atoms with E-state index in [0.29, 0.717) is 0 Å². The highest BCUT2D eigenvalue weighted by molar-refractivity contribution is 7.99. The van der Waals surface area contributed by atoms with Crippen LogP contribution < -0.4 is 5.32 Å². The lowest BCUT2D eigenvalue weighted by Gasteiger charge is -2.26. The predicted octanol–water partition coefficient (Wildman–Crippen LogP) is 3.69. The Morgan fingerprint density at radius 3 is 2.60 bits per heavy atom. The van der Waals surface area contributed by atoms with E-state index in [1.54, 1.807) is 0 Å². The van der Waals surface area contributed by atoms with Gasteiger partial charge in [0.15, 0.2) is 0 Å². The quantitative estimate of drug-likeness (QED) is 0.714. The average Bonchev–Trinajstić information content (AvgIpc) is 2.28. The highest BCUT2D eigenvalue weighted by Crippen LogP contribution is 2.27. The van der Waals surface area contributed by atoms with E-state index in [1.165, 1.54) is 50.0 Å². The van der Waals surface area contributed by atoms with Crippen molar-refractivity contribution in [2.75, 3.05) is 18.1 Å². The fraction of sp³-hybridized carbons (Fsp3) is 1.00. The molecule has 0 amide bonds. The lowest BCUT2D eigenvalue weighted by molar-refractivity contribution is 0.349. The van der Waals surface area contributed by atoms with Gasteiger partial charge in [-0.15, -0.1) is 0 Å². The predicted molar refractivity (Wildman–Crippen MR) is 71.7 cm³/mol. The van der Waals surface area contributed by atoms with E-state index in [0.717, 1.165) is 18.5 Å². The summed E-state index contributed by atoms with van der Waals surface area (Å²) in [6.07, 6.45) is 8.45. The Kier molecular flexibility index (Phi) is 7.54. The molecule has 0 saturated carbocycles. The Bertz CT molecular complexity index is 143. The van der Waals surface area contributed by atoms with Crippen LogP contribution in [0.3, 0.4) is 0 Å². The van der Waals surface area contributed by atoms with Crippen molar-refractivity contribution < 1.29 is 0 Å². The molecule has 0 radical (unpaired) electrons. The minimum atomic E-state index is 0.794. The van der Waals surface area contributed by atoms with Gasteiger partial charge in [0.25, 0.3) is 0 Å². The van der Waals surface area contributed by atoms with Gasteiger partial charge >= 0.3 is 0 Å². The zero-order valence-electron chi connectivity index (χ0n) is 10.4. The summed E-state index contributed by atoms with van der Waals surface area (Å²) in [4.78, 5) is 0. The summed E-state index contributed by atoms with van der Waals surface area (Å²) in [5, 5.41) is 3.66. The van der Waals surface area contributed by atoms with Gasteiger partial charge in [0.1, 0.15) is 0 Å². The molecule has 1 unspecified atom stereocenters. The molecule has 1 atom stereocenters. The third-order valence-electron chi connectivity index (χ3n) is 3.36. The Morgan fingerprint density at radius 2 is 2.00 bits per heavy atom. The first kappa shape index (κ1) is 13.4. The first-order chi connectivity index (χ1) is 7.36. The summed E-state index contributed by atoms with van der Waals surface area (Å²) in [7, 11) is 0. The van der Waals surface area contributed by atoms with Crippen LogP contribution in [-0.2, 0) is 0 Å². The third-order valence-corrected chi connectivity index (χ3v) is 4.41. The van der Waals surface area contributed by atoms with E-state index in [4.69, 9.17) is 0 Å². The standard InChI is InChI=1S/C13H27NS/c1-3-5-6-13(14-4-2)11-12-7-9-15-10-8-12/h12-14H,3-11H2,1-2H3. The van der Waals surface area contributed by atoms with E-state index < -0.39 is 0 Å². The van der Waals surface area contributed by atoms with Crippen molar-refractivity contribution in [1.82, 2.24) is 5.32 Å². The number of hydrogen-bond acceptors (Lipinski definition) is 2. The highest BCUT2D eigenvalue weighted by Gasteiger charge is 2.18. The van der Waals surface area contributed by atoms with Gasteiger partial charge in [0, 0.05) is 6.04 Å². The van der Waals surface area contributed by atoms with Crippen LogP contribution >= 0.6 is 11.8 Å². The number of nitrogens with one attached hydrogen (secondary N) is 1. The minimum absolute atomic E-state index is 0.794. The largest absolute Gasteiger partial charge is 0.314 e. The molecule has 1 rings (SSSR count). The highest BCUT2D eigenvalue weighted by atomic mass is 32.2. The number of thioether (sulfide) groups is 1. The Hall–Kier alpha value is 0.310. The van der Waals surface area contributed by atoms with Crippen molar-refractivity contribution in [1.29, 1.82) is 0 Å². The van der Waals surface area contributed by atoms with Crippen molar-refractivity contribution in [2.45, 2.75) is 58.4 Å². The van der Waals surface area contributed by atoms with Crippen LogP contribution in [0.2, 0.25) is 0 Å². The van der Waals surface area contributed by atoms with Crippen LogP contribution in [0.4, 0.5) is 0 Å². The van der Waals surface area contributed by atoms with E-state index in [2.05, 4.69) is 30.9 Å². The van der Waals surface area contributed by atoms with Gasteiger partial charge in [-0.1, -0.05) is 26.7 Å². The summed E-state index contributed by atoms with van der Waals surface area (Å²) >= 11 is 2.14. The fourth-order valence-electron chi connectivity index (χ4n) is 2.43. The summed E-state index contributed by atoms with van der Waals surface area (Å²) in [5.74, 6) is 3.81. The molecule has 1 aliphatic heterocycles. The van der Waals surface area contributed by atoms with E-state index in [-0.39, 0.29) is 0 Å². The summed E-state index contributed by atoms with van der Waals surface area (Å²) < 4.78 is 0. The van der Waals surface area contributed by atoms with E-state index >= 15 is 0 Å². The molecule has 1 heterocycles. The second-order valence-corrected chi connectivity index (χ2v) is 5.91. The van der Waals surface area contributed by atoms with Gasteiger partial charge in [-0.2, -0.15) is 11.8 Å².